The molecule has 0 radical (unpaired) electrons. The fraction of sp³-hybridized carbons (Fsp3) is 0.174. The van der Waals surface area contributed by atoms with Crippen LogP contribution in [0.5, 0.6) is 17.2 Å². The maximum atomic E-state index is 10.5. The Labute approximate surface area is 183 Å². The summed E-state index contributed by atoms with van der Waals surface area (Å²) in [6.07, 6.45) is 0.186. The van der Waals surface area contributed by atoms with Crippen molar-refractivity contribution in [1.82, 2.24) is 5.32 Å². The van der Waals surface area contributed by atoms with Crippen molar-refractivity contribution in [3.05, 3.63) is 87.4 Å². The fourth-order valence-corrected chi connectivity index (χ4v) is 4.24. The Balaban J connectivity index is 1.59. The Morgan fingerprint density at radius 2 is 1.77 bits per heavy atom. The summed E-state index contributed by atoms with van der Waals surface area (Å²) in [5, 5.41) is 15.2. The molecule has 0 bridgehead atoms. The Morgan fingerprint density at radius 1 is 0.933 bits per heavy atom. The highest BCUT2D eigenvalue weighted by atomic mass is 35.5. The van der Waals surface area contributed by atoms with Crippen LogP contribution in [0.1, 0.15) is 35.3 Å². The Morgan fingerprint density at radius 3 is 2.63 bits per heavy atom. The SMILES string of the molecule is Oc1ccc(Cl)cc1[C@@H]1CC(c2ccc3c(c2)OCO3)=N[C@@H](c2ccccc2Cl)N1. The summed E-state index contributed by atoms with van der Waals surface area (Å²) in [5.74, 6) is 1.60. The number of hydrogen-bond acceptors (Lipinski definition) is 5. The number of nitrogens with zero attached hydrogens (tertiary/aromatic N) is 1. The molecular formula is C23H18Cl2N2O3. The maximum absolute atomic E-state index is 10.5. The van der Waals surface area contributed by atoms with Crippen LogP contribution in [-0.4, -0.2) is 17.6 Å². The lowest BCUT2D eigenvalue weighted by molar-refractivity contribution is 0.174. The first-order valence-corrected chi connectivity index (χ1v) is 10.3. The zero-order valence-electron chi connectivity index (χ0n) is 15.8. The number of phenolic OH excluding ortho intramolecular Hbond substituents is 1. The molecule has 0 fully saturated rings. The number of benzene rings is 3. The van der Waals surface area contributed by atoms with E-state index in [-0.39, 0.29) is 24.8 Å². The number of ether oxygens (including phenoxy) is 2. The minimum Gasteiger partial charge on any atom is -0.508 e. The summed E-state index contributed by atoms with van der Waals surface area (Å²) in [4.78, 5) is 4.95. The first-order valence-electron chi connectivity index (χ1n) is 9.54. The third-order valence-corrected chi connectivity index (χ3v) is 5.89. The smallest absolute Gasteiger partial charge is 0.231 e. The summed E-state index contributed by atoms with van der Waals surface area (Å²) in [6.45, 7) is 0.216. The lowest BCUT2D eigenvalue weighted by Gasteiger charge is -2.31. The van der Waals surface area contributed by atoms with E-state index in [9.17, 15) is 5.11 Å². The van der Waals surface area contributed by atoms with Crippen LogP contribution < -0.4 is 14.8 Å². The average Bonchev–Trinajstić information content (AvgIpc) is 3.23. The number of aliphatic imine (C=N–C) groups is 1. The molecule has 0 unspecified atom stereocenters. The zero-order valence-corrected chi connectivity index (χ0v) is 17.3. The molecule has 2 atom stereocenters. The Bertz CT molecular complexity index is 1150. The number of halogens is 2. The van der Waals surface area contributed by atoms with Crippen LogP contribution in [0.3, 0.4) is 0 Å². The van der Waals surface area contributed by atoms with Crippen LogP contribution in [0.15, 0.2) is 65.7 Å². The molecule has 0 aromatic heterocycles. The molecule has 3 aromatic rings. The number of phenols is 1. The lowest BCUT2D eigenvalue weighted by Crippen LogP contribution is -2.33. The number of rotatable bonds is 3. The quantitative estimate of drug-likeness (QED) is 0.552. The largest absolute Gasteiger partial charge is 0.508 e. The molecular weight excluding hydrogens is 423 g/mol. The van der Waals surface area contributed by atoms with Crippen molar-refractivity contribution < 1.29 is 14.6 Å². The molecule has 0 amide bonds. The molecule has 152 valence electrons. The van der Waals surface area contributed by atoms with E-state index in [1.54, 1.807) is 18.2 Å². The summed E-state index contributed by atoms with van der Waals surface area (Å²) < 4.78 is 11.0. The van der Waals surface area contributed by atoms with Gasteiger partial charge in [0, 0.05) is 39.3 Å². The summed E-state index contributed by atoms with van der Waals surface area (Å²) >= 11 is 12.7. The van der Waals surface area contributed by atoms with Gasteiger partial charge in [-0.3, -0.25) is 10.3 Å². The summed E-state index contributed by atoms with van der Waals surface area (Å²) in [5.41, 5.74) is 3.39. The highest BCUT2D eigenvalue weighted by Crippen LogP contribution is 2.39. The number of aromatic hydroxyl groups is 1. The predicted molar refractivity (Wildman–Crippen MR) is 117 cm³/mol. The van der Waals surface area contributed by atoms with Crippen molar-refractivity contribution in [3.8, 4) is 17.2 Å². The molecule has 5 rings (SSSR count). The second kappa shape index (κ2) is 7.84. The van der Waals surface area contributed by atoms with Gasteiger partial charge in [-0.15, -0.1) is 0 Å². The third kappa shape index (κ3) is 3.60. The molecule has 3 aromatic carbocycles. The normalized spacial score (nSPS) is 20.1. The Hall–Kier alpha value is -2.73. The van der Waals surface area contributed by atoms with Gasteiger partial charge in [-0.1, -0.05) is 41.4 Å². The minimum atomic E-state index is -0.378. The molecule has 5 nitrogen and oxygen atoms in total. The van der Waals surface area contributed by atoms with Crippen molar-refractivity contribution in [2.75, 3.05) is 6.79 Å². The number of fused-ring (bicyclic) bond motifs is 1. The second-order valence-corrected chi connectivity index (χ2v) is 8.04. The van der Waals surface area contributed by atoms with E-state index in [0.29, 0.717) is 27.8 Å². The summed E-state index contributed by atoms with van der Waals surface area (Å²) in [6, 6.07) is 18.2. The van der Waals surface area contributed by atoms with E-state index in [1.165, 1.54) is 0 Å². The van der Waals surface area contributed by atoms with E-state index >= 15 is 0 Å². The zero-order chi connectivity index (χ0) is 20.7. The van der Waals surface area contributed by atoms with E-state index in [4.69, 9.17) is 37.7 Å². The predicted octanol–water partition coefficient (Wildman–Crippen LogP) is 5.65. The van der Waals surface area contributed by atoms with Gasteiger partial charge in [0.1, 0.15) is 11.9 Å². The Kier molecular flexibility index (Phi) is 5.03. The van der Waals surface area contributed by atoms with Crippen LogP contribution in [0.4, 0.5) is 0 Å². The second-order valence-electron chi connectivity index (χ2n) is 7.19. The van der Waals surface area contributed by atoms with Gasteiger partial charge in [0.05, 0.1) is 0 Å². The highest BCUT2D eigenvalue weighted by Gasteiger charge is 2.29. The molecule has 2 heterocycles. The monoisotopic (exact) mass is 440 g/mol. The maximum Gasteiger partial charge on any atom is 0.231 e. The van der Waals surface area contributed by atoms with Crippen LogP contribution in [0.25, 0.3) is 0 Å². The molecule has 0 aliphatic carbocycles. The first-order chi connectivity index (χ1) is 14.6. The van der Waals surface area contributed by atoms with Gasteiger partial charge < -0.3 is 14.6 Å². The third-order valence-electron chi connectivity index (χ3n) is 5.31. The molecule has 30 heavy (non-hydrogen) atoms. The van der Waals surface area contributed by atoms with E-state index in [2.05, 4.69) is 5.32 Å². The molecule has 0 spiro atoms. The van der Waals surface area contributed by atoms with Crippen molar-refractivity contribution >= 4 is 28.9 Å². The van der Waals surface area contributed by atoms with Gasteiger partial charge in [-0.2, -0.15) is 0 Å². The van der Waals surface area contributed by atoms with Gasteiger partial charge >= 0.3 is 0 Å². The molecule has 2 N–H and O–H groups in total. The number of nitrogens with one attached hydrogen (secondary N) is 1. The molecule has 2 aliphatic heterocycles. The average molecular weight is 441 g/mol. The van der Waals surface area contributed by atoms with Crippen molar-refractivity contribution in [2.24, 2.45) is 4.99 Å². The van der Waals surface area contributed by atoms with E-state index < -0.39 is 0 Å². The van der Waals surface area contributed by atoms with Crippen molar-refractivity contribution in [3.63, 3.8) is 0 Å². The van der Waals surface area contributed by atoms with Gasteiger partial charge in [-0.05, 0) is 48.0 Å². The lowest BCUT2D eigenvalue weighted by atomic mass is 9.93. The van der Waals surface area contributed by atoms with Crippen LogP contribution in [-0.2, 0) is 0 Å². The van der Waals surface area contributed by atoms with Gasteiger partial charge in [0.2, 0.25) is 6.79 Å². The van der Waals surface area contributed by atoms with E-state index in [0.717, 1.165) is 22.6 Å². The van der Waals surface area contributed by atoms with Crippen molar-refractivity contribution in [2.45, 2.75) is 18.6 Å². The van der Waals surface area contributed by atoms with Crippen molar-refractivity contribution in [1.29, 1.82) is 0 Å². The van der Waals surface area contributed by atoms with Gasteiger partial charge in [0.25, 0.3) is 0 Å². The van der Waals surface area contributed by atoms with E-state index in [1.807, 2.05) is 42.5 Å². The molecule has 2 aliphatic rings. The van der Waals surface area contributed by atoms with Crippen LogP contribution in [0.2, 0.25) is 10.0 Å². The van der Waals surface area contributed by atoms with Crippen LogP contribution in [0, 0.1) is 0 Å². The standard InChI is InChI=1S/C23H18Cl2N2O3/c24-14-6-7-20(28)16(10-14)19-11-18(13-5-8-21-22(9-13)30-12-29-21)26-23(27-19)15-3-1-2-4-17(15)25/h1-10,19,23,27-28H,11-12H2/t19-,23+/m0/s1. The highest BCUT2D eigenvalue weighted by molar-refractivity contribution is 6.31. The first kappa shape index (κ1) is 19.2. The molecule has 0 saturated carbocycles. The van der Waals surface area contributed by atoms with Gasteiger partial charge in [-0.25, -0.2) is 0 Å². The molecule has 0 saturated heterocycles. The summed E-state index contributed by atoms with van der Waals surface area (Å²) in [7, 11) is 0. The topological polar surface area (TPSA) is 63.1 Å². The number of hydrogen-bond donors (Lipinski definition) is 2. The fourth-order valence-electron chi connectivity index (χ4n) is 3.82. The minimum absolute atomic E-state index is 0.182. The van der Waals surface area contributed by atoms with Crippen LogP contribution >= 0.6 is 23.2 Å². The van der Waals surface area contributed by atoms with Gasteiger partial charge in [0.15, 0.2) is 11.5 Å². The molecule has 7 heteroatoms.